The topological polar surface area (TPSA) is 94.2 Å². The van der Waals surface area contributed by atoms with Gasteiger partial charge in [0.15, 0.2) is 0 Å². The van der Waals surface area contributed by atoms with Crippen molar-refractivity contribution in [3.8, 4) is 0 Å². The van der Waals surface area contributed by atoms with E-state index in [9.17, 15) is 13.2 Å². The van der Waals surface area contributed by atoms with Gasteiger partial charge in [0.05, 0.1) is 10.7 Å². The van der Waals surface area contributed by atoms with E-state index in [0.29, 0.717) is 10.7 Å². The van der Waals surface area contributed by atoms with Gasteiger partial charge in [0.25, 0.3) is 5.91 Å². The Hall–Kier alpha value is -1.83. The SMILES string of the molecule is Cn1cc(Cl)cc1C(=O)Nc1ccccc1S(N)(=O)=O. The Bertz CT molecular complexity index is 768. The van der Waals surface area contributed by atoms with E-state index < -0.39 is 15.9 Å². The van der Waals surface area contributed by atoms with Gasteiger partial charge in [-0.25, -0.2) is 13.6 Å². The first-order valence-electron chi connectivity index (χ1n) is 5.54. The monoisotopic (exact) mass is 313 g/mol. The highest BCUT2D eigenvalue weighted by Gasteiger charge is 2.17. The number of carbonyl (C=O) groups excluding carboxylic acids is 1. The summed E-state index contributed by atoms with van der Waals surface area (Å²) in [7, 11) is -2.25. The number of para-hydroxylation sites is 1. The Morgan fingerprint density at radius 1 is 1.35 bits per heavy atom. The fourth-order valence-corrected chi connectivity index (χ4v) is 2.70. The molecule has 8 heteroatoms. The lowest BCUT2D eigenvalue weighted by Crippen LogP contribution is -2.19. The zero-order valence-electron chi connectivity index (χ0n) is 10.5. The minimum absolute atomic E-state index is 0.123. The van der Waals surface area contributed by atoms with E-state index in [1.807, 2.05) is 0 Å². The Labute approximate surface area is 121 Å². The molecule has 0 aliphatic carbocycles. The van der Waals surface area contributed by atoms with Crippen LogP contribution in [0, 0.1) is 0 Å². The van der Waals surface area contributed by atoms with Crippen molar-refractivity contribution in [2.24, 2.45) is 12.2 Å². The van der Waals surface area contributed by atoms with Crippen molar-refractivity contribution in [2.45, 2.75) is 4.90 Å². The molecule has 2 rings (SSSR count). The minimum Gasteiger partial charge on any atom is -0.345 e. The van der Waals surface area contributed by atoms with Gasteiger partial charge in [0.2, 0.25) is 10.0 Å². The highest BCUT2D eigenvalue weighted by atomic mass is 35.5. The normalized spacial score (nSPS) is 11.3. The highest BCUT2D eigenvalue weighted by Crippen LogP contribution is 2.21. The first kappa shape index (κ1) is 14.6. The lowest BCUT2D eigenvalue weighted by Gasteiger charge is -2.09. The van der Waals surface area contributed by atoms with Crippen LogP contribution in [-0.4, -0.2) is 18.9 Å². The molecule has 0 saturated carbocycles. The van der Waals surface area contributed by atoms with E-state index in [1.165, 1.54) is 28.8 Å². The number of nitrogens with zero attached hydrogens (tertiary/aromatic N) is 1. The third-order valence-electron chi connectivity index (χ3n) is 2.65. The Kier molecular flexibility index (Phi) is 3.85. The van der Waals surface area contributed by atoms with Crippen molar-refractivity contribution in [1.29, 1.82) is 0 Å². The number of rotatable bonds is 3. The number of nitrogens with two attached hydrogens (primary N) is 1. The van der Waals surface area contributed by atoms with Gasteiger partial charge in [-0.2, -0.15) is 0 Å². The summed E-state index contributed by atoms with van der Waals surface area (Å²) in [5, 5.41) is 8.02. The number of halogens is 1. The molecule has 0 unspecified atom stereocenters. The molecule has 0 aliphatic heterocycles. The first-order chi connectivity index (χ1) is 9.29. The van der Waals surface area contributed by atoms with Crippen molar-refractivity contribution in [3.63, 3.8) is 0 Å². The van der Waals surface area contributed by atoms with Crippen LogP contribution in [-0.2, 0) is 17.1 Å². The number of benzene rings is 1. The number of primary sulfonamides is 1. The maximum absolute atomic E-state index is 12.1. The van der Waals surface area contributed by atoms with E-state index in [0.717, 1.165) is 0 Å². The maximum atomic E-state index is 12.1. The van der Waals surface area contributed by atoms with E-state index >= 15 is 0 Å². The predicted molar refractivity (Wildman–Crippen MR) is 76.2 cm³/mol. The summed E-state index contributed by atoms with van der Waals surface area (Å²) in [5.74, 6) is -0.476. The van der Waals surface area contributed by atoms with Crippen molar-refractivity contribution >= 4 is 33.2 Å². The van der Waals surface area contributed by atoms with E-state index in [2.05, 4.69) is 5.32 Å². The molecular weight excluding hydrogens is 302 g/mol. The number of hydrogen-bond donors (Lipinski definition) is 2. The number of carbonyl (C=O) groups is 1. The number of aromatic nitrogens is 1. The average Bonchev–Trinajstić information content (AvgIpc) is 2.68. The van der Waals surface area contributed by atoms with Crippen LogP contribution in [0.3, 0.4) is 0 Å². The van der Waals surface area contributed by atoms with E-state index in [-0.39, 0.29) is 10.6 Å². The first-order valence-corrected chi connectivity index (χ1v) is 7.46. The largest absolute Gasteiger partial charge is 0.345 e. The molecule has 0 spiro atoms. The fourth-order valence-electron chi connectivity index (χ4n) is 1.75. The number of sulfonamides is 1. The number of anilines is 1. The number of nitrogens with one attached hydrogen (secondary N) is 1. The van der Waals surface area contributed by atoms with Gasteiger partial charge in [-0.3, -0.25) is 4.79 Å². The maximum Gasteiger partial charge on any atom is 0.272 e. The van der Waals surface area contributed by atoms with E-state index in [4.69, 9.17) is 16.7 Å². The molecule has 1 heterocycles. The molecule has 0 aliphatic rings. The van der Waals surface area contributed by atoms with Gasteiger partial charge in [0.1, 0.15) is 10.6 Å². The smallest absolute Gasteiger partial charge is 0.272 e. The molecule has 0 bridgehead atoms. The van der Waals surface area contributed by atoms with Gasteiger partial charge in [0, 0.05) is 13.2 Å². The van der Waals surface area contributed by atoms with Crippen LogP contribution in [0.4, 0.5) is 5.69 Å². The third kappa shape index (κ3) is 3.01. The van der Waals surface area contributed by atoms with Gasteiger partial charge < -0.3 is 9.88 Å². The molecule has 1 amide bonds. The van der Waals surface area contributed by atoms with Crippen LogP contribution in [0.1, 0.15) is 10.5 Å². The predicted octanol–water partition coefficient (Wildman–Crippen LogP) is 1.58. The molecule has 0 radical (unpaired) electrons. The van der Waals surface area contributed by atoms with Crippen molar-refractivity contribution in [2.75, 3.05) is 5.32 Å². The summed E-state index contributed by atoms with van der Waals surface area (Å²) in [5.41, 5.74) is 0.427. The standard InChI is InChI=1S/C12H12ClN3O3S/c1-16-7-8(13)6-10(16)12(17)15-9-4-2-3-5-11(9)20(14,18)19/h2-7H,1H3,(H,15,17)(H2,14,18,19). The molecule has 2 aromatic rings. The van der Waals surface area contributed by atoms with Crippen LogP contribution in [0.15, 0.2) is 41.4 Å². The van der Waals surface area contributed by atoms with Crippen LogP contribution in [0.25, 0.3) is 0 Å². The van der Waals surface area contributed by atoms with Crippen LogP contribution >= 0.6 is 11.6 Å². The molecule has 1 aromatic carbocycles. The number of aryl methyl sites for hydroxylation is 1. The lowest BCUT2D eigenvalue weighted by molar-refractivity contribution is 0.101. The molecular formula is C12H12ClN3O3S. The molecule has 0 saturated heterocycles. The van der Waals surface area contributed by atoms with Crippen LogP contribution in [0.2, 0.25) is 5.02 Å². The summed E-state index contributed by atoms with van der Waals surface area (Å²) in [4.78, 5) is 12.0. The molecule has 0 atom stereocenters. The lowest BCUT2D eigenvalue weighted by atomic mass is 10.3. The third-order valence-corrected chi connectivity index (χ3v) is 3.82. The molecule has 0 fully saturated rings. The highest BCUT2D eigenvalue weighted by molar-refractivity contribution is 7.89. The van der Waals surface area contributed by atoms with Gasteiger partial charge >= 0.3 is 0 Å². The van der Waals surface area contributed by atoms with E-state index in [1.54, 1.807) is 19.3 Å². The van der Waals surface area contributed by atoms with Crippen molar-refractivity contribution in [1.82, 2.24) is 4.57 Å². The van der Waals surface area contributed by atoms with Crippen molar-refractivity contribution in [3.05, 3.63) is 47.2 Å². The zero-order valence-corrected chi connectivity index (χ0v) is 12.1. The van der Waals surface area contributed by atoms with Crippen LogP contribution in [0.5, 0.6) is 0 Å². The second-order valence-corrected chi connectivity index (χ2v) is 6.12. The summed E-state index contributed by atoms with van der Waals surface area (Å²) < 4.78 is 24.4. The molecule has 1 aromatic heterocycles. The summed E-state index contributed by atoms with van der Waals surface area (Å²) >= 11 is 5.80. The Balaban J connectivity index is 2.36. The Morgan fingerprint density at radius 3 is 2.55 bits per heavy atom. The molecule has 3 N–H and O–H groups in total. The second kappa shape index (κ2) is 5.28. The summed E-state index contributed by atoms with van der Waals surface area (Å²) in [6, 6.07) is 7.39. The molecule has 20 heavy (non-hydrogen) atoms. The zero-order chi connectivity index (χ0) is 14.9. The fraction of sp³-hybridized carbons (Fsp3) is 0.0833. The number of hydrogen-bond acceptors (Lipinski definition) is 3. The minimum atomic E-state index is -3.91. The van der Waals surface area contributed by atoms with Gasteiger partial charge in [-0.1, -0.05) is 23.7 Å². The molecule has 6 nitrogen and oxygen atoms in total. The van der Waals surface area contributed by atoms with Gasteiger partial charge in [-0.05, 0) is 18.2 Å². The van der Waals surface area contributed by atoms with Crippen molar-refractivity contribution < 1.29 is 13.2 Å². The second-order valence-electron chi connectivity index (χ2n) is 4.15. The summed E-state index contributed by atoms with van der Waals surface area (Å²) in [6.45, 7) is 0. The molecule has 106 valence electrons. The quantitative estimate of drug-likeness (QED) is 0.900. The number of amides is 1. The summed E-state index contributed by atoms with van der Waals surface area (Å²) in [6.07, 6.45) is 1.57. The Morgan fingerprint density at radius 2 is 2.00 bits per heavy atom. The average molecular weight is 314 g/mol. The van der Waals surface area contributed by atoms with Crippen LogP contribution < -0.4 is 10.5 Å². The van der Waals surface area contributed by atoms with Gasteiger partial charge in [-0.15, -0.1) is 0 Å².